The Hall–Kier alpha value is -4.20. The highest BCUT2D eigenvalue weighted by molar-refractivity contribution is 5.95. The van der Waals surface area contributed by atoms with E-state index in [1.807, 2.05) is 0 Å². The van der Waals surface area contributed by atoms with Gasteiger partial charge >= 0.3 is 5.97 Å². The zero-order valence-corrected chi connectivity index (χ0v) is 18.4. The van der Waals surface area contributed by atoms with Crippen LogP contribution in [0.4, 0.5) is 0 Å². The van der Waals surface area contributed by atoms with Crippen LogP contribution in [0.5, 0.6) is 0 Å². The van der Waals surface area contributed by atoms with Gasteiger partial charge in [-0.05, 0) is 54.3 Å². The number of methoxy groups -OCH3 is 1. The van der Waals surface area contributed by atoms with Crippen LogP contribution in [0.25, 0.3) is 11.1 Å². The number of benzene rings is 2. The zero-order valence-electron chi connectivity index (χ0n) is 18.4. The maximum atomic E-state index is 12.8. The molecule has 2 aromatic carbocycles. The Labute approximate surface area is 191 Å². The van der Waals surface area contributed by atoms with Gasteiger partial charge in [0.1, 0.15) is 0 Å². The number of rotatable bonds is 8. The van der Waals surface area contributed by atoms with Crippen LogP contribution in [0, 0.1) is 11.1 Å². The average molecular weight is 447 g/mol. The third-order valence-corrected chi connectivity index (χ3v) is 5.42. The number of carbonyl (C=O) groups is 3. The monoisotopic (exact) mass is 447 g/mol. The Balaban J connectivity index is 1.72. The topological polar surface area (TPSA) is 125 Å². The van der Waals surface area contributed by atoms with Gasteiger partial charge in [-0.25, -0.2) is 0 Å². The van der Waals surface area contributed by atoms with Crippen molar-refractivity contribution < 1.29 is 23.9 Å². The normalized spacial score (nSPS) is 12.4. The molecule has 0 saturated heterocycles. The van der Waals surface area contributed by atoms with E-state index in [1.165, 1.54) is 19.5 Å². The predicted octanol–water partition coefficient (Wildman–Crippen LogP) is 2.24. The standard InChI is InChI=1S/C25H25N3O5/c1-16(22(25(31)33-2)15-17-4-3-5-21(14-17)23(26)29)27-24(30)20-8-6-18(7-9-20)19-10-12-28(32)13-11-19/h3-14,16,22H,15H2,1-2H3,(H2,26,29)(H,27,30)/t16-,22-/m1/s1. The number of hydrogen-bond donors (Lipinski definition) is 2. The molecule has 1 aromatic heterocycles. The molecule has 3 rings (SSSR count). The van der Waals surface area contributed by atoms with Crippen molar-refractivity contribution in [2.24, 2.45) is 11.7 Å². The summed E-state index contributed by atoms with van der Waals surface area (Å²) >= 11 is 0. The SMILES string of the molecule is COC(=O)[C@H](Cc1cccc(C(N)=O)c1)[C@@H](C)NC(=O)c1ccc(-c2cc[n+]([O-])cc2)cc1. The fourth-order valence-electron chi connectivity index (χ4n) is 3.53. The minimum absolute atomic E-state index is 0.266. The summed E-state index contributed by atoms with van der Waals surface area (Å²) in [6.45, 7) is 1.73. The largest absolute Gasteiger partial charge is 0.619 e. The van der Waals surface area contributed by atoms with Crippen LogP contribution < -0.4 is 15.8 Å². The van der Waals surface area contributed by atoms with E-state index >= 15 is 0 Å². The molecule has 8 heteroatoms. The van der Waals surface area contributed by atoms with Gasteiger partial charge in [0.2, 0.25) is 5.91 Å². The summed E-state index contributed by atoms with van der Waals surface area (Å²) in [5.41, 5.74) is 8.56. The second-order valence-electron chi connectivity index (χ2n) is 7.68. The molecule has 2 amide bonds. The quantitative estimate of drug-likeness (QED) is 0.311. The number of ether oxygens (including phenoxy) is 1. The van der Waals surface area contributed by atoms with Gasteiger partial charge < -0.3 is 21.0 Å². The molecule has 0 bridgehead atoms. The summed E-state index contributed by atoms with van der Waals surface area (Å²) < 4.78 is 5.64. The van der Waals surface area contributed by atoms with Gasteiger partial charge in [0.15, 0.2) is 12.4 Å². The third kappa shape index (κ3) is 5.94. The molecule has 0 aliphatic rings. The summed E-state index contributed by atoms with van der Waals surface area (Å²) in [6, 6.07) is 16.5. The molecule has 170 valence electrons. The number of nitrogens with zero attached hydrogens (tertiary/aromatic N) is 1. The summed E-state index contributed by atoms with van der Waals surface area (Å²) in [6.07, 6.45) is 3.08. The van der Waals surface area contributed by atoms with E-state index in [-0.39, 0.29) is 12.3 Å². The van der Waals surface area contributed by atoms with E-state index in [0.29, 0.717) is 15.9 Å². The smallest absolute Gasteiger partial charge is 0.311 e. The number of esters is 1. The molecule has 0 saturated carbocycles. The fraction of sp³-hybridized carbons (Fsp3) is 0.200. The van der Waals surface area contributed by atoms with E-state index < -0.39 is 23.8 Å². The molecule has 3 aromatic rings. The summed E-state index contributed by atoms with van der Waals surface area (Å²) in [5.74, 6) is -2.02. The second kappa shape index (κ2) is 10.4. The molecule has 3 N–H and O–H groups in total. The van der Waals surface area contributed by atoms with E-state index in [0.717, 1.165) is 16.7 Å². The van der Waals surface area contributed by atoms with Crippen LogP contribution in [0.15, 0.2) is 73.1 Å². The Kier molecular flexibility index (Phi) is 7.40. The highest BCUT2D eigenvalue weighted by atomic mass is 16.5. The molecule has 0 aliphatic carbocycles. The lowest BCUT2D eigenvalue weighted by Crippen LogP contribution is -2.42. The van der Waals surface area contributed by atoms with Gasteiger partial charge in [0.05, 0.1) is 13.0 Å². The maximum absolute atomic E-state index is 12.8. The molecule has 0 unspecified atom stereocenters. The first-order valence-electron chi connectivity index (χ1n) is 10.3. The van der Waals surface area contributed by atoms with Crippen molar-refractivity contribution in [2.75, 3.05) is 7.11 Å². The fourth-order valence-corrected chi connectivity index (χ4v) is 3.53. The number of carbonyl (C=O) groups excluding carboxylic acids is 3. The molecular formula is C25H25N3O5. The maximum Gasteiger partial charge on any atom is 0.311 e. The second-order valence-corrected chi connectivity index (χ2v) is 7.68. The number of hydrogen-bond acceptors (Lipinski definition) is 5. The number of pyridine rings is 1. The minimum Gasteiger partial charge on any atom is -0.619 e. The third-order valence-electron chi connectivity index (χ3n) is 5.42. The van der Waals surface area contributed by atoms with Crippen molar-refractivity contribution in [3.05, 3.63) is 95.0 Å². The van der Waals surface area contributed by atoms with Crippen molar-refractivity contribution in [1.29, 1.82) is 0 Å². The number of nitrogens with two attached hydrogens (primary N) is 1. The Morgan fingerprint density at radius 1 is 1.00 bits per heavy atom. The van der Waals surface area contributed by atoms with Crippen molar-refractivity contribution in [1.82, 2.24) is 5.32 Å². The van der Waals surface area contributed by atoms with E-state index in [9.17, 15) is 19.6 Å². The lowest BCUT2D eigenvalue weighted by molar-refractivity contribution is -0.605. The Morgan fingerprint density at radius 3 is 2.24 bits per heavy atom. The van der Waals surface area contributed by atoms with Gasteiger partial charge in [-0.15, -0.1) is 0 Å². The van der Waals surface area contributed by atoms with Gasteiger partial charge in [0, 0.05) is 29.3 Å². The molecule has 33 heavy (non-hydrogen) atoms. The molecule has 0 fully saturated rings. The lowest BCUT2D eigenvalue weighted by Gasteiger charge is -2.23. The highest BCUT2D eigenvalue weighted by Crippen LogP contribution is 2.20. The first kappa shape index (κ1) is 23.5. The lowest BCUT2D eigenvalue weighted by atomic mass is 9.92. The molecule has 0 aliphatic heterocycles. The summed E-state index contributed by atoms with van der Waals surface area (Å²) in [7, 11) is 1.29. The number of nitrogens with one attached hydrogen (secondary N) is 1. The summed E-state index contributed by atoms with van der Waals surface area (Å²) in [5, 5.41) is 14.1. The van der Waals surface area contributed by atoms with Crippen LogP contribution in [0.2, 0.25) is 0 Å². The van der Waals surface area contributed by atoms with Crippen molar-refractivity contribution in [3.8, 4) is 11.1 Å². The van der Waals surface area contributed by atoms with Gasteiger partial charge in [-0.1, -0.05) is 24.3 Å². The molecule has 1 heterocycles. The van der Waals surface area contributed by atoms with Crippen molar-refractivity contribution in [3.63, 3.8) is 0 Å². The molecule has 0 spiro atoms. The molecule has 0 radical (unpaired) electrons. The minimum atomic E-state index is -0.663. The van der Waals surface area contributed by atoms with Crippen LogP contribution in [-0.2, 0) is 16.0 Å². The van der Waals surface area contributed by atoms with Gasteiger partial charge in [-0.2, -0.15) is 4.73 Å². The average Bonchev–Trinajstić information content (AvgIpc) is 2.82. The van der Waals surface area contributed by atoms with Crippen LogP contribution >= 0.6 is 0 Å². The zero-order chi connectivity index (χ0) is 24.0. The van der Waals surface area contributed by atoms with Crippen LogP contribution in [0.3, 0.4) is 0 Å². The van der Waals surface area contributed by atoms with Crippen molar-refractivity contribution in [2.45, 2.75) is 19.4 Å². The van der Waals surface area contributed by atoms with E-state index in [2.05, 4.69) is 5.32 Å². The van der Waals surface area contributed by atoms with Crippen LogP contribution in [-0.4, -0.2) is 30.9 Å². The highest BCUT2D eigenvalue weighted by Gasteiger charge is 2.28. The Bertz CT molecular complexity index is 1140. The van der Waals surface area contributed by atoms with Crippen molar-refractivity contribution >= 4 is 17.8 Å². The van der Waals surface area contributed by atoms with E-state index in [1.54, 1.807) is 67.6 Å². The molecule has 2 atom stereocenters. The first-order chi connectivity index (χ1) is 15.8. The van der Waals surface area contributed by atoms with Crippen LogP contribution in [0.1, 0.15) is 33.2 Å². The molecule has 8 nitrogen and oxygen atoms in total. The predicted molar refractivity (Wildman–Crippen MR) is 122 cm³/mol. The van der Waals surface area contributed by atoms with Gasteiger partial charge in [0.25, 0.3) is 5.91 Å². The number of aromatic nitrogens is 1. The number of primary amides is 1. The number of amides is 2. The van der Waals surface area contributed by atoms with E-state index in [4.69, 9.17) is 10.5 Å². The summed E-state index contributed by atoms with van der Waals surface area (Å²) in [4.78, 5) is 36.7. The Morgan fingerprint density at radius 2 is 1.64 bits per heavy atom. The molecular weight excluding hydrogens is 422 g/mol. The first-order valence-corrected chi connectivity index (χ1v) is 10.3. The van der Waals surface area contributed by atoms with Gasteiger partial charge in [-0.3, -0.25) is 14.4 Å².